The summed E-state index contributed by atoms with van der Waals surface area (Å²) >= 11 is 0. The third-order valence-corrected chi connectivity index (χ3v) is 3.53. The molecule has 1 fully saturated rings. The smallest absolute Gasteiger partial charge is 0.0701 e. The van der Waals surface area contributed by atoms with Crippen molar-refractivity contribution >= 4 is 0 Å². The maximum absolute atomic E-state index is 6.00. The quantitative estimate of drug-likeness (QED) is 0.670. The Morgan fingerprint density at radius 1 is 1.06 bits per heavy atom. The molecule has 0 spiro atoms. The van der Waals surface area contributed by atoms with Gasteiger partial charge in [0.2, 0.25) is 0 Å². The average molecular weight is 258 g/mol. The number of hydrogen-bond acceptors (Lipinski definition) is 4. The predicted octanol–water partition coefficient (Wildman–Crippen LogP) is 1.49. The van der Waals surface area contributed by atoms with E-state index in [4.69, 9.17) is 15.2 Å². The predicted molar refractivity (Wildman–Crippen MR) is 74.7 cm³/mol. The summed E-state index contributed by atoms with van der Waals surface area (Å²) in [5.41, 5.74) is 6.11. The van der Waals surface area contributed by atoms with Crippen LogP contribution in [-0.2, 0) is 9.47 Å². The van der Waals surface area contributed by atoms with Crippen molar-refractivity contribution < 1.29 is 9.47 Å². The molecule has 1 atom stereocenters. The largest absolute Gasteiger partial charge is 0.378 e. The van der Waals surface area contributed by atoms with Gasteiger partial charge in [-0.05, 0) is 31.3 Å². The van der Waals surface area contributed by atoms with E-state index in [9.17, 15) is 0 Å². The highest BCUT2D eigenvalue weighted by Crippen LogP contribution is 2.17. The minimum absolute atomic E-state index is 0.0853. The number of likely N-dealkylation sites (tertiary alicyclic amines) is 1. The topological polar surface area (TPSA) is 47.7 Å². The van der Waals surface area contributed by atoms with E-state index in [0.717, 1.165) is 13.2 Å². The molecule has 4 heteroatoms. The Morgan fingerprint density at radius 2 is 1.67 bits per heavy atom. The van der Waals surface area contributed by atoms with Crippen LogP contribution in [0.4, 0.5) is 0 Å². The van der Waals surface area contributed by atoms with Gasteiger partial charge >= 0.3 is 0 Å². The molecule has 1 saturated heterocycles. The standard InChI is InChI=1S/C14H30N2O2/c1-14(2,3)13(15)12-18-11-10-17-9-8-16-6-4-5-7-16/h13H,4-12,15H2,1-3H3. The number of nitrogens with zero attached hydrogens (tertiary/aromatic N) is 1. The van der Waals surface area contributed by atoms with E-state index in [2.05, 4.69) is 25.7 Å². The Morgan fingerprint density at radius 3 is 2.28 bits per heavy atom. The summed E-state index contributed by atoms with van der Waals surface area (Å²) in [6, 6.07) is 0.0853. The van der Waals surface area contributed by atoms with Crippen molar-refractivity contribution in [3.63, 3.8) is 0 Å². The molecule has 0 aliphatic carbocycles. The van der Waals surface area contributed by atoms with Crippen LogP contribution in [0.15, 0.2) is 0 Å². The lowest BCUT2D eigenvalue weighted by Crippen LogP contribution is -2.39. The van der Waals surface area contributed by atoms with Crippen molar-refractivity contribution in [1.29, 1.82) is 0 Å². The van der Waals surface area contributed by atoms with E-state index in [1.807, 2.05) is 0 Å². The zero-order valence-corrected chi connectivity index (χ0v) is 12.3. The second-order valence-corrected chi connectivity index (χ2v) is 6.21. The molecule has 1 rings (SSSR count). The molecule has 4 nitrogen and oxygen atoms in total. The SMILES string of the molecule is CC(C)(C)C(N)COCCOCCN1CCCC1. The van der Waals surface area contributed by atoms with Crippen LogP contribution in [-0.4, -0.2) is 57.0 Å². The first kappa shape index (κ1) is 15.9. The monoisotopic (exact) mass is 258 g/mol. The van der Waals surface area contributed by atoms with E-state index < -0.39 is 0 Å². The van der Waals surface area contributed by atoms with Crippen molar-refractivity contribution in [2.24, 2.45) is 11.1 Å². The molecule has 0 aromatic heterocycles. The molecule has 0 saturated carbocycles. The van der Waals surface area contributed by atoms with Crippen molar-refractivity contribution in [3.8, 4) is 0 Å². The Balaban J connectivity index is 1.86. The van der Waals surface area contributed by atoms with Gasteiger partial charge in [0.1, 0.15) is 0 Å². The van der Waals surface area contributed by atoms with Gasteiger partial charge in [-0.25, -0.2) is 0 Å². The molecule has 2 N–H and O–H groups in total. The van der Waals surface area contributed by atoms with Crippen LogP contribution in [0.25, 0.3) is 0 Å². The Labute approximate surface area is 112 Å². The van der Waals surface area contributed by atoms with Gasteiger partial charge in [-0.2, -0.15) is 0 Å². The van der Waals surface area contributed by atoms with Crippen LogP contribution >= 0.6 is 0 Å². The summed E-state index contributed by atoms with van der Waals surface area (Å²) in [6.07, 6.45) is 2.68. The molecule has 0 aromatic rings. The highest BCUT2D eigenvalue weighted by Gasteiger charge is 2.20. The third-order valence-electron chi connectivity index (χ3n) is 3.53. The maximum Gasteiger partial charge on any atom is 0.0701 e. The van der Waals surface area contributed by atoms with Gasteiger partial charge in [0, 0.05) is 12.6 Å². The van der Waals surface area contributed by atoms with Crippen molar-refractivity contribution in [3.05, 3.63) is 0 Å². The number of hydrogen-bond donors (Lipinski definition) is 1. The van der Waals surface area contributed by atoms with Gasteiger partial charge in [0.25, 0.3) is 0 Å². The van der Waals surface area contributed by atoms with Crippen LogP contribution < -0.4 is 5.73 Å². The molecule has 1 unspecified atom stereocenters. The zero-order valence-electron chi connectivity index (χ0n) is 12.3. The van der Waals surface area contributed by atoms with E-state index in [-0.39, 0.29) is 11.5 Å². The fraction of sp³-hybridized carbons (Fsp3) is 1.00. The van der Waals surface area contributed by atoms with E-state index >= 15 is 0 Å². The van der Waals surface area contributed by atoms with E-state index in [1.54, 1.807) is 0 Å². The van der Waals surface area contributed by atoms with Gasteiger partial charge in [0.05, 0.1) is 26.4 Å². The highest BCUT2D eigenvalue weighted by atomic mass is 16.5. The molecule has 1 heterocycles. The van der Waals surface area contributed by atoms with Crippen LogP contribution in [0.3, 0.4) is 0 Å². The average Bonchev–Trinajstić information content (AvgIpc) is 2.79. The summed E-state index contributed by atoms with van der Waals surface area (Å²) in [6.45, 7) is 12.7. The fourth-order valence-electron chi connectivity index (χ4n) is 1.88. The third kappa shape index (κ3) is 6.69. The molecule has 1 aliphatic heterocycles. The van der Waals surface area contributed by atoms with Gasteiger partial charge in [0.15, 0.2) is 0 Å². The number of rotatable bonds is 8. The highest BCUT2D eigenvalue weighted by molar-refractivity contribution is 4.76. The number of nitrogens with two attached hydrogens (primary N) is 1. The molecule has 108 valence electrons. The van der Waals surface area contributed by atoms with E-state index in [0.29, 0.717) is 19.8 Å². The minimum atomic E-state index is 0.0853. The first-order valence-corrected chi connectivity index (χ1v) is 7.13. The van der Waals surface area contributed by atoms with Gasteiger partial charge in [-0.1, -0.05) is 20.8 Å². The van der Waals surface area contributed by atoms with Gasteiger partial charge in [-0.15, -0.1) is 0 Å². The minimum Gasteiger partial charge on any atom is -0.378 e. The zero-order chi connectivity index (χ0) is 13.4. The number of ether oxygens (including phenoxy) is 2. The molecule has 0 aromatic carbocycles. The van der Waals surface area contributed by atoms with Crippen LogP contribution in [0, 0.1) is 5.41 Å². The summed E-state index contributed by atoms with van der Waals surface area (Å²) < 4.78 is 11.1. The molecule has 0 amide bonds. The fourth-order valence-corrected chi connectivity index (χ4v) is 1.88. The molecular weight excluding hydrogens is 228 g/mol. The normalized spacial score (nSPS) is 19.3. The van der Waals surface area contributed by atoms with Crippen molar-refractivity contribution in [1.82, 2.24) is 4.90 Å². The second kappa shape index (κ2) is 8.10. The Bertz CT molecular complexity index is 210. The molecule has 1 aliphatic rings. The summed E-state index contributed by atoms with van der Waals surface area (Å²) in [4.78, 5) is 2.45. The lowest BCUT2D eigenvalue weighted by molar-refractivity contribution is 0.0263. The molecule has 18 heavy (non-hydrogen) atoms. The van der Waals surface area contributed by atoms with Gasteiger partial charge in [-0.3, -0.25) is 0 Å². The first-order chi connectivity index (χ1) is 8.50. The lowest BCUT2D eigenvalue weighted by atomic mass is 9.88. The first-order valence-electron chi connectivity index (χ1n) is 7.13. The van der Waals surface area contributed by atoms with Gasteiger partial charge < -0.3 is 20.1 Å². The van der Waals surface area contributed by atoms with Crippen molar-refractivity contribution in [2.75, 3.05) is 46.1 Å². The van der Waals surface area contributed by atoms with Crippen molar-refractivity contribution in [2.45, 2.75) is 39.7 Å². The molecular formula is C14H30N2O2. The lowest BCUT2D eigenvalue weighted by Gasteiger charge is -2.26. The molecule has 0 radical (unpaired) electrons. The van der Waals surface area contributed by atoms with Crippen LogP contribution in [0.5, 0.6) is 0 Å². The van der Waals surface area contributed by atoms with Crippen LogP contribution in [0.1, 0.15) is 33.6 Å². The summed E-state index contributed by atoms with van der Waals surface area (Å²) in [5.74, 6) is 0. The Kier molecular flexibility index (Phi) is 7.15. The second-order valence-electron chi connectivity index (χ2n) is 6.21. The Hall–Kier alpha value is -0.160. The summed E-state index contributed by atoms with van der Waals surface area (Å²) in [5, 5.41) is 0. The maximum atomic E-state index is 6.00. The van der Waals surface area contributed by atoms with Crippen LogP contribution in [0.2, 0.25) is 0 Å². The summed E-state index contributed by atoms with van der Waals surface area (Å²) in [7, 11) is 0. The molecule has 0 bridgehead atoms. The van der Waals surface area contributed by atoms with E-state index in [1.165, 1.54) is 25.9 Å².